The molecule has 2 nitrogen and oxygen atoms in total. The molecule has 0 N–H and O–H groups in total. The van der Waals surface area contributed by atoms with Crippen LogP contribution in [0.25, 0.3) is 71.3 Å². The highest BCUT2D eigenvalue weighted by Crippen LogP contribution is 2.67. The highest BCUT2D eigenvalue weighted by atomic mass is 16.3. The van der Waals surface area contributed by atoms with Crippen molar-refractivity contribution in [1.82, 2.24) is 0 Å². The first-order valence-electron chi connectivity index (χ1n) is 23.1. The molecule has 0 saturated heterocycles. The van der Waals surface area contributed by atoms with Crippen molar-refractivity contribution in [2.45, 2.75) is 24.2 Å². The first-order valence-corrected chi connectivity index (χ1v) is 23.1. The Morgan fingerprint density at radius 1 is 0.492 bits per heavy atom. The largest absolute Gasteiger partial charge is 0.455 e. The Morgan fingerprint density at radius 3 is 2.14 bits per heavy atom. The van der Waals surface area contributed by atoms with Crippen molar-refractivity contribution in [3.63, 3.8) is 0 Å². The number of anilines is 3. The van der Waals surface area contributed by atoms with Crippen LogP contribution in [0.4, 0.5) is 17.1 Å². The third kappa shape index (κ3) is 5.23. The molecule has 0 aliphatic heterocycles. The molecule has 14 rings (SSSR count). The molecule has 0 saturated carbocycles. The van der Waals surface area contributed by atoms with Crippen LogP contribution in [0.5, 0.6) is 0 Å². The van der Waals surface area contributed by atoms with Gasteiger partial charge in [-0.05, 0) is 133 Å². The maximum absolute atomic E-state index is 7.02. The molecule has 65 heavy (non-hydrogen) atoms. The lowest BCUT2D eigenvalue weighted by Crippen LogP contribution is -2.33. The summed E-state index contributed by atoms with van der Waals surface area (Å²) in [6.07, 6.45) is 16.7. The van der Waals surface area contributed by atoms with Gasteiger partial charge in [0, 0.05) is 34.0 Å². The lowest BCUT2D eigenvalue weighted by atomic mass is 9.64. The minimum absolute atomic E-state index is 0.274. The van der Waals surface area contributed by atoms with E-state index < -0.39 is 0 Å². The fraction of sp³-hybridized carbons (Fsp3) is 0.0794. The second kappa shape index (κ2) is 14.0. The highest BCUT2D eigenvalue weighted by molar-refractivity contribution is 6.22. The summed E-state index contributed by atoms with van der Waals surface area (Å²) in [7, 11) is 0. The van der Waals surface area contributed by atoms with Gasteiger partial charge in [-0.1, -0.05) is 176 Å². The summed E-state index contributed by atoms with van der Waals surface area (Å²) in [6.45, 7) is 0. The van der Waals surface area contributed by atoms with Gasteiger partial charge in [-0.15, -0.1) is 0 Å². The average Bonchev–Trinajstić information content (AvgIpc) is 4.01. The van der Waals surface area contributed by atoms with Crippen molar-refractivity contribution in [3.8, 4) is 22.3 Å². The Bertz CT molecular complexity index is 3730. The molecule has 3 unspecified atom stereocenters. The minimum atomic E-state index is -0.301. The zero-order valence-electron chi connectivity index (χ0n) is 35.8. The van der Waals surface area contributed by atoms with E-state index in [9.17, 15) is 0 Å². The van der Waals surface area contributed by atoms with Crippen molar-refractivity contribution in [2.24, 2.45) is 5.92 Å². The second-order valence-electron chi connectivity index (χ2n) is 18.2. The van der Waals surface area contributed by atoms with Crippen LogP contribution < -0.4 is 4.90 Å². The van der Waals surface area contributed by atoms with E-state index in [1.54, 1.807) is 0 Å². The third-order valence-corrected chi connectivity index (χ3v) is 14.9. The topological polar surface area (TPSA) is 16.4 Å². The number of fused-ring (bicyclic) bond motifs is 16. The maximum atomic E-state index is 7.02. The number of rotatable bonds is 5. The van der Waals surface area contributed by atoms with E-state index in [4.69, 9.17) is 4.42 Å². The van der Waals surface area contributed by atoms with E-state index in [2.05, 4.69) is 229 Å². The summed E-state index contributed by atoms with van der Waals surface area (Å²) in [5.41, 5.74) is 18.1. The van der Waals surface area contributed by atoms with Crippen molar-refractivity contribution in [3.05, 3.63) is 252 Å². The molecule has 2 heteroatoms. The number of hydrogen-bond acceptors (Lipinski definition) is 2. The quantitative estimate of drug-likeness (QED) is 0.172. The molecule has 0 bridgehead atoms. The van der Waals surface area contributed by atoms with Gasteiger partial charge in [0.15, 0.2) is 0 Å². The molecule has 10 aromatic rings. The summed E-state index contributed by atoms with van der Waals surface area (Å²) in [5.74, 6) is 0.553. The minimum Gasteiger partial charge on any atom is -0.455 e. The maximum Gasteiger partial charge on any atom is 0.143 e. The average molecular weight is 830 g/mol. The van der Waals surface area contributed by atoms with Crippen molar-refractivity contribution >= 4 is 66.1 Å². The number of hydrogen-bond donors (Lipinski definition) is 0. The zero-order chi connectivity index (χ0) is 42.6. The molecule has 4 aliphatic rings. The molecular weight excluding hydrogens is 787 g/mol. The first-order chi connectivity index (χ1) is 32.2. The summed E-state index contributed by atoms with van der Waals surface area (Å²) in [5, 5.41) is 6.97. The first kappa shape index (κ1) is 36.5. The lowest BCUT2D eigenvalue weighted by Gasteiger charge is -2.37. The Kier molecular flexibility index (Phi) is 7.89. The number of nitrogens with zero attached hydrogens (tertiary/aromatic N) is 1. The summed E-state index contributed by atoms with van der Waals surface area (Å²) < 4.78 is 7.02. The Morgan fingerprint density at radius 2 is 1.23 bits per heavy atom. The number of allylic oxidation sites excluding steroid dienone is 8. The van der Waals surface area contributed by atoms with Gasteiger partial charge in [-0.25, -0.2) is 0 Å². The van der Waals surface area contributed by atoms with Crippen LogP contribution in [0.3, 0.4) is 0 Å². The Labute approximate surface area is 378 Å². The van der Waals surface area contributed by atoms with E-state index in [0.717, 1.165) is 57.2 Å². The van der Waals surface area contributed by atoms with E-state index in [1.807, 2.05) is 0 Å². The van der Waals surface area contributed by atoms with Crippen molar-refractivity contribution < 1.29 is 4.42 Å². The summed E-state index contributed by atoms with van der Waals surface area (Å²) in [6, 6.07) is 69.6. The van der Waals surface area contributed by atoms with Gasteiger partial charge in [0.1, 0.15) is 11.2 Å². The van der Waals surface area contributed by atoms with Crippen LogP contribution >= 0.6 is 0 Å². The lowest BCUT2D eigenvalue weighted by molar-refractivity contribution is 0.464. The monoisotopic (exact) mass is 829 g/mol. The molecule has 3 atom stereocenters. The third-order valence-electron chi connectivity index (χ3n) is 14.9. The standard InChI is InChI=1S/C63H43NO/c1-2-15-40(16-3-1)42-31-33-45(34-32-42)64(46-35-36-51-50-22-10-13-26-57(50)63(58(51)38-46)55-24-11-8-20-48(55)49-21-9-12-25-56(49)63)59-27-14-28-60-61(59)54-39-53(47-19-6-7-23-52(47)62(54)65-60)44-30-29-41-17-4-5-18-43(41)37-44/h1-8,10-11,13-39,50,57H,9,12H2. The SMILES string of the molecule is C1=CC2c3ccc(N(c4ccc(-c5ccccc5)cc4)c4cccc5oc6c7ccccc7c(-c7ccc8ccccc8c7)cc6c45)cc3C3(C4=CCCC=C4c4ccccc43)C2C=C1. The van der Waals surface area contributed by atoms with Gasteiger partial charge in [0.2, 0.25) is 0 Å². The fourth-order valence-corrected chi connectivity index (χ4v) is 12.2. The Hall–Kier alpha value is -7.94. The molecule has 1 heterocycles. The van der Waals surface area contributed by atoms with Gasteiger partial charge in [0.25, 0.3) is 0 Å². The predicted molar refractivity (Wildman–Crippen MR) is 271 cm³/mol. The van der Waals surface area contributed by atoms with Crippen LogP contribution in [0.2, 0.25) is 0 Å². The van der Waals surface area contributed by atoms with E-state index in [-0.39, 0.29) is 17.3 Å². The van der Waals surface area contributed by atoms with Crippen LogP contribution in [-0.2, 0) is 5.41 Å². The number of benzene rings is 9. The van der Waals surface area contributed by atoms with Crippen molar-refractivity contribution in [1.29, 1.82) is 0 Å². The van der Waals surface area contributed by atoms with Gasteiger partial charge >= 0.3 is 0 Å². The molecule has 1 aromatic heterocycles. The molecule has 0 radical (unpaired) electrons. The van der Waals surface area contributed by atoms with Gasteiger partial charge in [-0.3, -0.25) is 0 Å². The van der Waals surface area contributed by atoms with Crippen LogP contribution in [0, 0.1) is 5.92 Å². The summed E-state index contributed by atoms with van der Waals surface area (Å²) >= 11 is 0. The van der Waals surface area contributed by atoms with Crippen LogP contribution in [0.15, 0.2) is 235 Å². The normalized spacial score (nSPS) is 19.1. The summed E-state index contributed by atoms with van der Waals surface area (Å²) in [4.78, 5) is 2.49. The van der Waals surface area contributed by atoms with Gasteiger partial charge < -0.3 is 9.32 Å². The molecular formula is C63H43NO. The van der Waals surface area contributed by atoms with E-state index in [1.165, 1.54) is 71.8 Å². The molecule has 1 spiro atoms. The smallest absolute Gasteiger partial charge is 0.143 e. The zero-order valence-corrected chi connectivity index (χ0v) is 35.8. The van der Waals surface area contributed by atoms with Gasteiger partial charge in [-0.2, -0.15) is 0 Å². The second-order valence-corrected chi connectivity index (χ2v) is 18.2. The molecule has 306 valence electrons. The Balaban J connectivity index is 1.04. The predicted octanol–water partition coefficient (Wildman–Crippen LogP) is 16.9. The van der Waals surface area contributed by atoms with Crippen LogP contribution in [-0.4, -0.2) is 0 Å². The molecule has 4 aliphatic carbocycles. The van der Waals surface area contributed by atoms with E-state index in [0.29, 0.717) is 0 Å². The van der Waals surface area contributed by atoms with Crippen molar-refractivity contribution in [2.75, 3.05) is 4.90 Å². The molecule has 9 aromatic carbocycles. The highest BCUT2D eigenvalue weighted by Gasteiger charge is 2.58. The number of furan rings is 1. The van der Waals surface area contributed by atoms with Gasteiger partial charge in [0.05, 0.1) is 16.5 Å². The molecule has 0 amide bonds. The van der Waals surface area contributed by atoms with E-state index >= 15 is 0 Å². The fourth-order valence-electron chi connectivity index (χ4n) is 12.2. The molecule has 0 fully saturated rings. The van der Waals surface area contributed by atoms with Crippen LogP contribution in [0.1, 0.15) is 41.0 Å².